The van der Waals surface area contributed by atoms with E-state index in [2.05, 4.69) is 6.58 Å². The normalized spacial score (nSPS) is 27.3. The minimum atomic E-state index is -1.10. The van der Waals surface area contributed by atoms with Crippen molar-refractivity contribution in [2.24, 2.45) is 5.92 Å². The van der Waals surface area contributed by atoms with E-state index in [1.807, 2.05) is 48.5 Å². The number of nitrogens with zero attached hydrogens (tertiary/aromatic N) is 1. The highest BCUT2D eigenvalue weighted by atomic mass is 16.7. The van der Waals surface area contributed by atoms with Crippen LogP contribution in [-0.4, -0.2) is 60.1 Å². The molecular weight excluding hydrogens is 397 g/mol. The van der Waals surface area contributed by atoms with Gasteiger partial charge in [-0.25, -0.2) is 9.59 Å². The van der Waals surface area contributed by atoms with Crippen LogP contribution >= 0.6 is 0 Å². The van der Waals surface area contributed by atoms with Gasteiger partial charge in [-0.1, -0.05) is 12.5 Å². The largest absolute Gasteiger partial charge is 0.467 e. The van der Waals surface area contributed by atoms with Crippen LogP contribution in [0, 0.1) is 5.92 Å². The summed E-state index contributed by atoms with van der Waals surface area (Å²) in [4.78, 5) is 27.5. The lowest BCUT2D eigenvalue weighted by molar-refractivity contribution is -0.155. The van der Waals surface area contributed by atoms with E-state index >= 15 is 0 Å². The van der Waals surface area contributed by atoms with Gasteiger partial charge in [-0.15, -0.1) is 6.58 Å². The van der Waals surface area contributed by atoms with Gasteiger partial charge in [0.2, 0.25) is 0 Å². The number of ether oxygens (including phenoxy) is 2. The Bertz CT molecular complexity index is 670. The average molecular weight is 437 g/mol. The molecule has 8 heteroatoms. The molecule has 176 valence electrons. The highest BCUT2D eigenvalue weighted by molar-refractivity contribution is 6.45. The molecule has 2 fully saturated rings. The molecule has 1 amide bonds. The van der Waals surface area contributed by atoms with Crippen LogP contribution in [0.3, 0.4) is 0 Å². The van der Waals surface area contributed by atoms with Gasteiger partial charge >= 0.3 is 19.2 Å². The fourth-order valence-electron chi connectivity index (χ4n) is 4.55. The molecule has 2 unspecified atom stereocenters. The van der Waals surface area contributed by atoms with Crippen LogP contribution in [0.1, 0.15) is 74.1 Å². The molecule has 0 aromatic rings. The molecule has 31 heavy (non-hydrogen) atoms. The van der Waals surface area contributed by atoms with Crippen LogP contribution in [0.25, 0.3) is 0 Å². The first-order valence-corrected chi connectivity index (χ1v) is 11.3. The smallest absolute Gasteiger partial charge is 0.457 e. The van der Waals surface area contributed by atoms with E-state index in [-0.39, 0.29) is 24.2 Å². The Morgan fingerprint density at radius 1 is 1.19 bits per heavy atom. The minimum Gasteiger partial charge on any atom is -0.467 e. The predicted octanol–water partition coefficient (Wildman–Crippen LogP) is 4.60. The van der Waals surface area contributed by atoms with Gasteiger partial charge in [-0.2, -0.15) is 0 Å². The van der Waals surface area contributed by atoms with Crippen molar-refractivity contribution in [2.45, 2.75) is 103 Å². The first-order chi connectivity index (χ1) is 14.2. The molecule has 7 nitrogen and oxygen atoms in total. The molecule has 0 spiro atoms. The van der Waals surface area contributed by atoms with Gasteiger partial charge in [-0.3, -0.25) is 4.90 Å². The monoisotopic (exact) mass is 437 g/mol. The Hall–Kier alpha value is -1.54. The van der Waals surface area contributed by atoms with Crippen molar-refractivity contribution >= 4 is 19.2 Å². The number of hydrogen-bond acceptors (Lipinski definition) is 6. The van der Waals surface area contributed by atoms with Crippen molar-refractivity contribution in [3.63, 3.8) is 0 Å². The summed E-state index contributed by atoms with van der Waals surface area (Å²) < 4.78 is 23.0. The molecule has 2 atom stereocenters. The highest BCUT2D eigenvalue weighted by Crippen LogP contribution is 2.44. The van der Waals surface area contributed by atoms with Crippen LogP contribution in [0.5, 0.6) is 0 Å². The summed E-state index contributed by atoms with van der Waals surface area (Å²) in [6.45, 7) is 17.9. The van der Waals surface area contributed by atoms with E-state index in [0.29, 0.717) is 19.4 Å². The van der Waals surface area contributed by atoms with E-state index in [9.17, 15) is 9.59 Å². The molecule has 2 heterocycles. The fourth-order valence-corrected chi connectivity index (χ4v) is 4.55. The van der Waals surface area contributed by atoms with Crippen molar-refractivity contribution in [2.75, 3.05) is 13.7 Å². The van der Waals surface area contributed by atoms with E-state index in [4.69, 9.17) is 18.8 Å². The lowest BCUT2D eigenvalue weighted by atomic mass is 9.75. The molecule has 2 aliphatic rings. The Morgan fingerprint density at radius 2 is 1.77 bits per heavy atom. The Labute approximate surface area is 187 Å². The van der Waals surface area contributed by atoms with Gasteiger partial charge in [0.1, 0.15) is 11.1 Å². The van der Waals surface area contributed by atoms with Crippen LogP contribution in [0.4, 0.5) is 4.79 Å². The minimum absolute atomic E-state index is 0.0621. The Kier molecular flexibility index (Phi) is 7.59. The maximum atomic E-state index is 13.0. The number of rotatable bonds is 7. The summed E-state index contributed by atoms with van der Waals surface area (Å²) in [5.74, 6) is -0.482. The van der Waals surface area contributed by atoms with Gasteiger partial charge in [0.25, 0.3) is 0 Å². The summed E-state index contributed by atoms with van der Waals surface area (Å²) in [6, 6.07) is 0. The summed E-state index contributed by atoms with van der Waals surface area (Å²) in [5.41, 5.74) is -2.48. The third-order valence-corrected chi connectivity index (χ3v) is 6.76. The van der Waals surface area contributed by atoms with Crippen LogP contribution in [0.2, 0.25) is 6.32 Å². The number of amides is 1. The van der Waals surface area contributed by atoms with E-state index in [1.54, 1.807) is 11.0 Å². The second-order valence-corrected chi connectivity index (χ2v) is 10.6. The molecule has 2 saturated heterocycles. The van der Waals surface area contributed by atoms with E-state index in [1.165, 1.54) is 7.11 Å². The molecule has 0 aliphatic carbocycles. The zero-order valence-corrected chi connectivity index (χ0v) is 20.6. The van der Waals surface area contributed by atoms with Crippen LogP contribution in [0.15, 0.2) is 12.7 Å². The average Bonchev–Trinajstić information content (AvgIpc) is 3.08. The number of hydrogen-bond donors (Lipinski definition) is 0. The fraction of sp³-hybridized carbons (Fsp3) is 0.826. The third-order valence-electron chi connectivity index (χ3n) is 6.76. The van der Waals surface area contributed by atoms with Gasteiger partial charge in [0, 0.05) is 6.54 Å². The van der Waals surface area contributed by atoms with Gasteiger partial charge < -0.3 is 18.8 Å². The molecule has 0 N–H and O–H groups in total. The van der Waals surface area contributed by atoms with Crippen LogP contribution in [-0.2, 0) is 23.6 Å². The highest BCUT2D eigenvalue weighted by Gasteiger charge is 2.57. The standard InChI is InChI=1S/C23H40BNO6/c1-10-14-23(18(26)28-9)17(13-16-25(23)19(27)29-20(2,3)4)12-11-15-24-30-21(5,6)22(7,8)31-24/h10,17H,1,11-16H2,2-9H3. The number of methoxy groups -OCH3 is 1. The molecule has 0 radical (unpaired) electrons. The molecule has 0 aromatic carbocycles. The zero-order valence-electron chi connectivity index (χ0n) is 20.6. The van der Waals surface area contributed by atoms with Crippen molar-refractivity contribution in [1.29, 1.82) is 0 Å². The predicted molar refractivity (Wildman–Crippen MR) is 121 cm³/mol. The van der Waals surface area contributed by atoms with Gasteiger partial charge in [-0.05, 0) is 80.0 Å². The zero-order chi connectivity index (χ0) is 23.7. The number of carbonyl (C=O) groups is 2. The SMILES string of the molecule is C=CCC1(C(=O)OC)C(CCCB2OC(C)(C)C(C)(C)O2)CCN1C(=O)OC(C)(C)C. The van der Waals surface area contributed by atoms with E-state index in [0.717, 1.165) is 19.2 Å². The first-order valence-electron chi connectivity index (χ1n) is 11.3. The summed E-state index contributed by atoms with van der Waals surface area (Å²) in [7, 11) is 1.08. The molecule has 0 saturated carbocycles. The van der Waals surface area contributed by atoms with Crippen molar-refractivity contribution in [3.8, 4) is 0 Å². The van der Waals surface area contributed by atoms with Crippen LogP contribution < -0.4 is 0 Å². The van der Waals surface area contributed by atoms with Crippen molar-refractivity contribution in [3.05, 3.63) is 12.7 Å². The first kappa shape index (κ1) is 25.7. The maximum Gasteiger partial charge on any atom is 0.457 e. The number of carbonyl (C=O) groups excluding carboxylic acids is 2. The number of esters is 1. The summed E-state index contributed by atoms with van der Waals surface area (Å²) >= 11 is 0. The molecule has 2 aliphatic heterocycles. The third kappa shape index (κ3) is 5.28. The second kappa shape index (κ2) is 9.14. The lowest BCUT2D eigenvalue weighted by Gasteiger charge is -2.39. The van der Waals surface area contributed by atoms with E-state index < -0.39 is 23.2 Å². The quantitative estimate of drug-likeness (QED) is 0.329. The molecule has 0 bridgehead atoms. The molecule has 0 aromatic heterocycles. The summed E-state index contributed by atoms with van der Waals surface area (Å²) in [6.07, 6.45) is 4.48. The Morgan fingerprint density at radius 3 is 2.26 bits per heavy atom. The molecule has 2 rings (SSSR count). The van der Waals surface area contributed by atoms with Crippen molar-refractivity contribution in [1.82, 2.24) is 4.90 Å². The molecular formula is C23H40BNO6. The topological polar surface area (TPSA) is 74.3 Å². The lowest BCUT2D eigenvalue weighted by Crippen LogP contribution is -2.57. The van der Waals surface area contributed by atoms with Gasteiger partial charge in [0.15, 0.2) is 0 Å². The van der Waals surface area contributed by atoms with Gasteiger partial charge in [0.05, 0.1) is 18.3 Å². The Balaban J connectivity index is 2.15. The number of likely N-dealkylation sites (tertiary alicyclic amines) is 1. The van der Waals surface area contributed by atoms with Crippen molar-refractivity contribution < 1.29 is 28.4 Å². The second-order valence-electron chi connectivity index (χ2n) is 10.6. The maximum absolute atomic E-state index is 13.0. The summed E-state index contributed by atoms with van der Waals surface area (Å²) in [5, 5.41) is 0.